The fraction of sp³-hybridized carbons (Fsp3) is 0.385. The standard InChI is InChI=1S/C13H18N4O4/c1-13(2,6-9(14)19)17-10(20)7-16-12(21)11-8(18)4-3-5-15-11/h3-5,18H,6-7H2,1-2H3,(H2,14,19)(H,16,21)(H,17,20). The van der Waals surface area contributed by atoms with Crippen molar-refractivity contribution in [2.45, 2.75) is 25.8 Å². The Morgan fingerprint density at radius 1 is 1.38 bits per heavy atom. The number of amides is 3. The van der Waals surface area contributed by atoms with Gasteiger partial charge in [0.1, 0.15) is 5.75 Å². The third-order valence-corrected chi connectivity index (χ3v) is 2.50. The molecule has 0 aliphatic heterocycles. The Balaban J connectivity index is 2.52. The van der Waals surface area contributed by atoms with Crippen LogP contribution in [0.1, 0.15) is 30.8 Å². The molecule has 0 aliphatic rings. The number of aromatic nitrogens is 1. The highest BCUT2D eigenvalue weighted by Gasteiger charge is 2.23. The molecule has 5 N–H and O–H groups in total. The van der Waals surface area contributed by atoms with Gasteiger partial charge in [-0.2, -0.15) is 0 Å². The van der Waals surface area contributed by atoms with E-state index in [2.05, 4.69) is 15.6 Å². The molecular weight excluding hydrogens is 276 g/mol. The molecule has 0 unspecified atom stereocenters. The van der Waals surface area contributed by atoms with Gasteiger partial charge in [-0.25, -0.2) is 4.98 Å². The van der Waals surface area contributed by atoms with Crippen molar-refractivity contribution in [3.05, 3.63) is 24.0 Å². The van der Waals surface area contributed by atoms with E-state index >= 15 is 0 Å². The SMILES string of the molecule is CC(C)(CC(N)=O)NC(=O)CNC(=O)c1ncccc1O. The van der Waals surface area contributed by atoms with Gasteiger partial charge >= 0.3 is 0 Å². The summed E-state index contributed by atoms with van der Waals surface area (Å²) in [4.78, 5) is 38.0. The Morgan fingerprint density at radius 2 is 2.05 bits per heavy atom. The number of primary amides is 1. The van der Waals surface area contributed by atoms with E-state index in [1.54, 1.807) is 13.8 Å². The Kier molecular flexibility index (Phi) is 5.23. The molecule has 8 nitrogen and oxygen atoms in total. The van der Waals surface area contributed by atoms with E-state index in [0.717, 1.165) is 0 Å². The maximum Gasteiger partial charge on any atom is 0.274 e. The lowest BCUT2D eigenvalue weighted by atomic mass is 10.0. The molecule has 1 aromatic heterocycles. The van der Waals surface area contributed by atoms with Gasteiger partial charge in [-0.1, -0.05) is 0 Å². The first-order valence-corrected chi connectivity index (χ1v) is 6.23. The van der Waals surface area contributed by atoms with Crippen LogP contribution in [-0.2, 0) is 9.59 Å². The van der Waals surface area contributed by atoms with Crippen molar-refractivity contribution in [2.24, 2.45) is 5.73 Å². The summed E-state index contributed by atoms with van der Waals surface area (Å²) in [7, 11) is 0. The first-order chi connectivity index (χ1) is 9.71. The molecule has 0 radical (unpaired) electrons. The average molecular weight is 294 g/mol. The van der Waals surface area contributed by atoms with Gasteiger partial charge in [-0.3, -0.25) is 14.4 Å². The van der Waals surface area contributed by atoms with Gasteiger partial charge in [0, 0.05) is 18.2 Å². The minimum absolute atomic E-state index is 0.0201. The van der Waals surface area contributed by atoms with Crippen molar-refractivity contribution >= 4 is 17.7 Å². The summed E-state index contributed by atoms with van der Waals surface area (Å²) in [6, 6.07) is 2.79. The van der Waals surface area contributed by atoms with Crippen LogP contribution in [0.15, 0.2) is 18.3 Å². The van der Waals surface area contributed by atoms with Crippen LogP contribution in [0.5, 0.6) is 5.75 Å². The molecule has 0 fully saturated rings. The summed E-state index contributed by atoms with van der Waals surface area (Å²) in [6.45, 7) is 2.97. The van der Waals surface area contributed by atoms with Gasteiger partial charge < -0.3 is 21.5 Å². The van der Waals surface area contributed by atoms with Crippen molar-refractivity contribution in [2.75, 3.05) is 6.54 Å². The van der Waals surface area contributed by atoms with E-state index in [4.69, 9.17) is 5.73 Å². The van der Waals surface area contributed by atoms with Gasteiger partial charge in [0.15, 0.2) is 5.69 Å². The first kappa shape index (κ1) is 16.4. The zero-order chi connectivity index (χ0) is 16.0. The van der Waals surface area contributed by atoms with Crippen LogP contribution in [-0.4, -0.2) is 39.9 Å². The second kappa shape index (κ2) is 6.69. The molecule has 114 valence electrons. The monoisotopic (exact) mass is 294 g/mol. The quantitative estimate of drug-likeness (QED) is 0.549. The molecular formula is C13H18N4O4. The molecule has 0 saturated heterocycles. The molecule has 3 amide bonds. The van der Waals surface area contributed by atoms with Gasteiger partial charge in [-0.05, 0) is 26.0 Å². The topological polar surface area (TPSA) is 134 Å². The number of nitrogens with zero attached hydrogens (tertiary/aromatic N) is 1. The van der Waals surface area contributed by atoms with Gasteiger partial charge in [-0.15, -0.1) is 0 Å². The predicted octanol–water partition coefficient (Wildman–Crippen LogP) is -0.713. The van der Waals surface area contributed by atoms with E-state index in [1.807, 2.05) is 0 Å². The van der Waals surface area contributed by atoms with E-state index in [1.165, 1.54) is 18.3 Å². The number of carbonyl (C=O) groups excluding carboxylic acids is 3. The summed E-state index contributed by atoms with van der Waals surface area (Å²) in [5.41, 5.74) is 4.10. The minimum Gasteiger partial charge on any atom is -0.505 e. The first-order valence-electron chi connectivity index (χ1n) is 6.23. The van der Waals surface area contributed by atoms with Crippen molar-refractivity contribution in [3.63, 3.8) is 0 Å². The second-order valence-electron chi connectivity index (χ2n) is 5.13. The highest BCUT2D eigenvalue weighted by atomic mass is 16.3. The fourth-order valence-electron chi connectivity index (χ4n) is 1.72. The van der Waals surface area contributed by atoms with Crippen LogP contribution in [0.4, 0.5) is 0 Å². The van der Waals surface area contributed by atoms with Gasteiger partial charge in [0.25, 0.3) is 5.91 Å². The number of aromatic hydroxyl groups is 1. The van der Waals surface area contributed by atoms with Gasteiger partial charge in [0.2, 0.25) is 11.8 Å². The largest absolute Gasteiger partial charge is 0.505 e. The van der Waals surface area contributed by atoms with E-state index < -0.39 is 23.3 Å². The maximum atomic E-state index is 11.7. The fourth-order valence-corrected chi connectivity index (χ4v) is 1.72. The average Bonchev–Trinajstić information content (AvgIpc) is 2.34. The molecule has 21 heavy (non-hydrogen) atoms. The van der Waals surface area contributed by atoms with Crippen molar-refractivity contribution in [1.29, 1.82) is 0 Å². The highest BCUT2D eigenvalue weighted by Crippen LogP contribution is 2.11. The summed E-state index contributed by atoms with van der Waals surface area (Å²) >= 11 is 0. The number of pyridine rings is 1. The van der Waals surface area contributed by atoms with Crippen LogP contribution in [0.25, 0.3) is 0 Å². The lowest BCUT2D eigenvalue weighted by Crippen LogP contribution is -2.49. The lowest BCUT2D eigenvalue weighted by Gasteiger charge is -2.24. The molecule has 8 heteroatoms. The Hall–Kier alpha value is -2.64. The van der Waals surface area contributed by atoms with Crippen molar-refractivity contribution < 1.29 is 19.5 Å². The Bertz CT molecular complexity index is 557. The van der Waals surface area contributed by atoms with Crippen molar-refractivity contribution in [3.8, 4) is 5.75 Å². The van der Waals surface area contributed by atoms with Crippen LogP contribution < -0.4 is 16.4 Å². The molecule has 0 aromatic carbocycles. The number of hydrogen-bond donors (Lipinski definition) is 4. The lowest BCUT2D eigenvalue weighted by molar-refractivity contribution is -0.123. The summed E-state index contributed by atoms with van der Waals surface area (Å²) in [5, 5.41) is 14.4. The summed E-state index contributed by atoms with van der Waals surface area (Å²) < 4.78 is 0. The van der Waals surface area contributed by atoms with Gasteiger partial charge in [0.05, 0.1) is 6.54 Å². The zero-order valence-corrected chi connectivity index (χ0v) is 11.8. The number of rotatable bonds is 6. The number of nitrogens with one attached hydrogen (secondary N) is 2. The predicted molar refractivity (Wildman–Crippen MR) is 74.3 cm³/mol. The third kappa shape index (κ3) is 5.47. The van der Waals surface area contributed by atoms with Crippen LogP contribution in [0.2, 0.25) is 0 Å². The molecule has 1 rings (SSSR count). The van der Waals surface area contributed by atoms with E-state index in [-0.39, 0.29) is 24.4 Å². The maximum absolute atomic E-state index is 11.7. The van der Waals surface area contributed by atoms with Crippen LogP contribution in [0, 0.1) is 0 Å². The van der Waals surface area contributed by atoms with Crippen LogP contribution >= 0.6 is 0 Å². The molecule has 0 aliphatic carbocycles. The smallest absolute Gasteiger partial charge is 0.274 e. The third-order valence-electron chi connectivity index (χ3n) is 2.50. The number of nitrogens with two attached hydrogens (primary N) is 1. The van der Waals surface area contributed by atoms with Crippen molar-refractivity contribution in [1.82, 2.24) is 15.6 Å². The Labute approximate surface area is 121 Å². The molecule has 0 saturated carbocycles. The van der Waals surface area contributed by atoms with Crippen LogP contribution in [0.3, 0.4) is 0 Å². The van der Waals surface area contributed by atoms with E-state index in [0.29, 0.717) is 0 Å². The molecule has 0 bridgehead atoms. The summed E-state index contributed by atoms with van der Waals surface area (Å²) in [6.07, 6.45) is 1.33. The molecule has 0 atom stereocenters. The molecule has 1 aromatic rings. The number of hydrogen-bond acceptors (Lipinski definition) is 5. The molecule has 1 heterocycles. The molecule has 0 spiro atoms. The second-order valence-corrected chi connectivity index (χ2v) is 5.13. The normalized spacial score (nSPS) is 10.8. The summed E-state index contributed by atoms with van der Waals surface area (Å²) in [5.74, 6) is -1.96. The highest BCUT2D eigenvalue weighted by molar-refractivity contribution is 5.97. The Morgan fingerprint density at radius 3 is 2.62 bits per heavy atom. The number of carbonyl (C=O) groups is 3. The minimum atomic E-state index is -0.805. The zero-order valence-electron chi connectivity index (χ0n) is 11.8. The van der Waals surface area contributed by atoms with E-state index in [9.17, 15) is 19.5 Å².